The van der Waals surface area contributed by atoms with E-state index in [4.69, 9.17) is 0 Å². The number of H-pyrrole nitrogens is 1. The number of imidazole rings is 1. The molecule has 198 valence electrons. The van der Waals surface area contributed by atoms with Gasteiger partial charge in [0, 0.05) is 19.3 Å². The van der Waals surface area contributed by atoms with Crippen molar-refractivity contribution >= 4 is 22.2 Å². The number of nitrogens with zero attached hydrogens (tertiary/aromatic N) is 1. The average Bonchev–Trinajstić information content (AvgIpc) is 3.35. The van der Waals surface area contributed by atoms with Crippen LogP contribution in [0.5, 0.6) is 0 Å². The van der Waals surface area contributed by atoms with E-state index in [0.29, 0.717) is 13.0 Å². The van der Waals surface area contributed by atoms with Crippen LogP contribution in [0.15, 0.2) is 48.1 Å². The standard InChI is InChI=1S/C18H30O3S.C5H6N2.C4H8O2/c1-2-3-4-5-6-7-8-9-10-11-14-17-15-12-13-16-18(17)22(19,20)21;1-2-5-6-3-4-7-5;1-3-6-4(2)5/h12-13,15-16H,2-11,14H2,1H3,(H,19,20,21);2-4H,1H2,(H,6,7);3H2,1-2H3. The van der Waals surface area contributed by atoms with Crippen LogP contribution in [-0.4, -0.2) is 35.5 Å². The number of nitrogens with one attached hydrogen (secondary N) is 1. The Kier molecular flexibility index (Phi) is 19.4. The predicted molar refractivity (Wildman–Crippen MR) is 143 cm³/mol. The summed E-state index contributed by atoms with van der Waals surface area (Å²) in [4.78, 5) is 16.6. The van der Waals surface area contributed by atoms with E-state index in [2.05, 4.69) is 28.2 Å². The number of aromatic nitrogens is 2. The number of esters is 1. The fourth-order valence-electron chi connectivity index (χ4n) is 3.36. The van der Waals surface area contributed by atoms with Gasteiger partial charge < -0.3 is 9.72 Å². The van der Waals surface area contributed by atoms with E-state index in [-0.39, 0.29) is 10.9 Å². The molecule has 0 atom stereocenters. The molecule has 2 aromatic rings. The molecule has 0 spiro atoms. The zero-order chi connectivity index (χ0) is 26.4. The maximum atomic E-state index is 11.3. The molecule has 2 N–H and O–H groups in total. The molecule has 0 fully saturated rings. The van der Waals surface area contributed by atoms with E-state index >= 15 is 0 Å². The first-order valence-corrected chi connectivity index (χ1v) is 14.0. The van der Waals surface area contributed by atoms with Gasteiger partial charge in [-0.25, -0.2) is 4.98 Å². The van der Waals surface area contributed by atoms with Crippen LogP contribution in [0.3, 0.4) is 0 Å². The van der Waals surface area contributed by atoms with Crippen LogP contribution in [0.1, 0.15) is 96.4 Å². The Hall–Kier alpha value is -2.45. The minimum atomic E-state index is -4.10. The highest BCUT2D eigenvalue weighted by atomic mass is 32.2. The molecule has 1 heterocycles. The summed E-state index contributed by atoms with van der Waals surface area (Å²) >= 11 is 0. The van der Waals surface area contributed by atoms with Crippen molar-refractivity contribution in [2.24, 2.45) is 0 Å². The lowest BCUT2D eigenvalue weighted by atomic mass is 10.0. The number of rotatable bonds is 14. The van der Waals surface area contributed by atoms with E-state index < -0.39 is 10.1 Å². The van der Waals surface area contributed by atoms with Crippen molar-refractivity contribution < 1.29 is 22.5 Å². The average molecular weight is 509 g/mol. The summed E-state index contributed by atoms with van der Waals surface area (Å²) in [5.41, 5.74) is 0.726. The molecule has 2 rings (SSSR count). The normalized spacial score (nSPS) is 10.4. The van der Waals surface area contributed by atoms with Crippen molar-refractivity contribution in [2.75, 3.05) is 6.61 Å². The molecule has 0 amide bonds. The van der Waals surface area contributed by atoms with Gasteiger partial charge in [-0.05, 0) is 37.5 Å². The van der Waals surface area contributed by atoms with E-state index in [1.54, 1.807) is 37.5 Å². The predicted octanol–water partition coefficient (Wildman–Crippen LogP) is 7.02. The smallest absolute Gasteiger partial charge is 0.302 e. The maximum Gasteiger partial charge on any atom is 0.302 e. The van der Waals surface area contributed by atoms with Crippen LogP contribution in [0.25, 0.3) is 6.08 Å². The lowest BCUT2D eigenvalue weighted by molar-refractivity contribution is -0.140. The maximum absolute atomic E-state index is 11.3. The van der Waals surface area contributed by atoms with Crippen LogP contribution in [0.2, 0.25) is 0 Å². The summed E-state index contributed by atoms with van der Waals surface area (Å²) in [7, 11) is -4.10. The Morgan fingerprint density at radius 2 is 1.60 bits per heavy atom. The molecule has 1 aromatic carbocycles. The summed E-state index contributed by atoms with van der Waals surface area (Å²) in [5, 5.41) is 0. The Balaban J connectivity index is 0.000000719. The van der Waals surface area contributed by atoms with Gasteiger partial charge in [0.05, 0.1) is 11.5 Å². The van der Waals surface area contributed by atoms with Gasteiger partial charge in [-0.1, -0.05) is 89.5 Å². The SMILES string of the molecule is C=Cc1ncc[nH]1.CCCCCCCCCCCCc1ccccc1S(=O)(=O)O.CCOC(C)=O. The molecule has 0 aliphatic heterocycles. The minimum Gasteiger partial charge on any atom is -0.466 e. The topological polar surface area (TPSA) is 109 Å². The third-order valence-electron chi connectivity index (χ3n) is 5.11. The Bertz CT molecular complexity index is 896. The zero-order valence-corrected chi connectivity index (χ0v) is 22.5. The quantitative estimate of drug-likeness (QED) is 0.161. The number of carbonyl (C=O) groups is 1. The van der Waals surface area contributed by atoms with Crippen molar-refractivity contribution in [3.63, 3.8) is 0 Å². The van der Waals surface area contributed by atoms with Crippen molar-refractivity contribution in [2.45, 2.75) is 96.3 Å². The molecule has 35 heavy (non-hydrogen) atoms. The van der Waals surface area contributed by atoms with Gasteiger partial charge in [-0.2, -0.15) is 8.42 Å². The van der Waals surface area contributed by atoms with Crippen LogP contribution in [-0.2, 0) is 26.1 Å². The highest BCUT2D eigenvalue weighted by Gasteiger charge is 2.13. The third kappa shape index (κ3) is 18.5. The van der Waals surface area contributed by atoms with Gasteiger partial charge in [0.15, 0.2) is 0 Å². The summed E-state index contributed by atoms with van der Waals surface area (Å²) in [5.74, 6) is 0.609. The molecule has 0 aliphatic rings. The highest BCUT2D eigenvalue weighted by Crippen LogP contribution is 2.18. The number of ether oxygens (including phenoxy) is 1. The number of carbonyl (C=O) groups excluding carboxylic acids is 1. The summed E-state index contributed by atoms with van der Waals surface area (Å²) in [6, 6.07) is 6.73. The van der Waals surface area contributed by atoms with Crippen molar-refractivity contribution in [1.29, 1.82) is 0 Å². The second-order valence-electron chi connectivity index (χ2n) is 8.12. The van der Waals surface area contributed by atoms with Gasteiger partial charge in [0.2, 0.25) is 0 Å². The van der Waals surface area contributed by atoms with Gasteiger partial charge >= 0.3 is 5.97 Å². The second kappa shape index (κ2) is 20.9. The number of aromatic amines is 1. The van der Waals surface area contributed by atoms with Crippen molar-refractivity contribution in [1.82, 2.24) is 9.97 Å². The number of aryl methyl sites for hydroxylation is 1. The summed E-state index contributed by atoms with van der Waals surface area (Å²) in [6.07, 6.45) is 18.4. The van der Waals surface area contributed by atoms with E-state index in [1.807, 2.05) is 6.07 Å². The van der Waals surface area contributed by atoms with Crippen molar-refractivity contribution in [3.8, 4) is 0 Å². The second-order valence-corrected chi connectivity index (χ2v) is 9.51. The molecule has 0 saturated heterocycles. The molecule has 0 unspecified atom stereocenters. The monoisotopic (exact) mass is 508 g/mol. The summed E-state index contributed by atoms with van der Waals surface area (Å²) in [6.45, 7) is 9.40. The van der Waals surface area contributed by atoms with Gasteiger partial charge in [0.1, 0.15) is 5.82 Å². The van der Waals surface area contributed by atoms with Crippen molar-refractivity contribution in [3.05, 3.63) is 54.6 Å². The molecule has 7 nitrogen and oxygen atoms in total. The molecular weight excluding hydrogens is 464 g/mol. The zero-order valence-electron chi connectivity index (χ0n) is 21.7. The van der Waals surface area contributed by atoms with Gasteiger partial charge in [0.25, 0.3) is 10.1 Å². The van der Waals surface area contributed by atoms with Gasteiger partial charge in [-0.15, -0.1) is 0 Å². The molecule has 8 heteroatoms. The fraction of sp³-hybridized carbons (Fsp3) is 0.556. The van der Waals surface area contributed by atoms with Crippen LogP contribution in [0.4, 0.5) is 0 Å². The molecule has 0 radical (unpaired) electrons. The van der Waals surface area contributed by atoms with E-state index in [1.165, 1.54) is 64.4 Å². The first-order chi connectivity index (χ1) is 16.8. The number of hydrogen-bond acceptors (Lipinski definition) is 5. The summed E-state index contributed by atoms with van der Waals surface area (Å²) < 4.78 is 36.2. The number of unbranched alkanes of at least 4 members (excludes halogenated alkanes) is 9. The Morgan fingerprint density at radius 3 is 2.00 bits per heavy atom. The fourth-order valence-corrected chi connectivity index (χ4v) is 4.11. The first kappa shape index (κ1) is 32.5. The first-order valence-electron chi connectivity index (χ1n) is 12.6. The highest BCUT2D eigenvalue weighted by molar-refractivity contribution is 7.85. The van der Waals surface area contributed by atoms with Gasteiger partial charge in [-0.3, -0.25) is 9.35 Å². The van der Waals surface area contributed by atoms with E-state index in [0.717, 1.165) is 24.2 Å². The molecular formula is C27H44N2O5S. The van der Waals surface area contributed by atoms with E-state index in [9.17, 15) is 17.8 Å². The lowest BCUT2D eigenvalue weighted by Crippen LogP contribution is -2.03. The number of hydrogen-bond donors (Lipinski definition) is 2. The van der Waals surface area contributed by atoms with Crippen LogP contribution >= 0.6 is 0 Å². The third-order valence-corrected chi connectivity index (χ3v) is 6.06. The molecule has 0 aliphatic carbocycles. The Morgan fingerprint density at radius 1 is 1.03 bits per heavy atom. The van der Waals surface area contributed by atoms with Crippen LogP contribution < -0.4 is 0 Å². The largest absolute Gasteiger partial charge is 0.466 e. The molecule has 0 bridgehead atoms. The Labute approximate surface area is 212 Å². The lowest BCUT2D eigenvalue weighted by Gasteiger charge is -2.07. The molecule has 1 aromatic heterocycles. The number of benzene rings is 1. The van der Waals surface area contributed by atoms with Crippen LogP contribution in [0, 0.1) is 0 Å². The molecule has 0 saturated carbocycles. The minimum absolute atomic E-state index is 0.0610.